The highest BCUT2D eigenvalue weighted by Gasteiger charge is 2.22. The van der Waals surface area contributed by atoms with Crippen LogP contribution in [0.1, 0.15) is 40.4 Å². The Balaban J connectivity index is 2.78. The minimum atomic E-state index is -0.630. The van der Waals surface area contributed by atoms with Gasteiger partial charge < -0.3 is 14.8 Å². The van der Waals surface area contributed by atoms with E-state index >= 15 is 0 Å². The highest BCUT2D eigenvalue weighted by Crippen LogP contribution is 2.24. The fourth-order valence-corrected chi connectivity index (χ4v) is 2.22. The van der Waals surface area contributed by atoms with Crippen LogP contribution < -0.4 is 5.32 Å². The SMILES string of the molecule is CCOC(=O)c1nc(NCCC(=O)OC)sc1C(C)=O. The molecule has 1 aromatic heterocycles. The van der Waals surface area contributed by atoms with Crippen LogP contribution in [-0.2, 0) is 14.3 Å². The van der Waals surface area contributed by atoms with Crippen molar-refractivity contribution in [2.75, 3.05) is 25.6 Å². The van der Waals surface area contributed by atoms with Crippen LogP contribution in [-0.4, -0.2) is 43.0 Å². The minimum absolute atomic E-state index is 0.00455. The van der Waals surface area contributed by atoms with Gasteiger partial charge >= 0.3 is 11.9 Å². The summed E-state index contributed by atoms with van der Waals surface area (Å²) in [6, 6.07) is 0. The monoisotopic (exact) mass is 300 g/mol. The smallest absolute Gasteiger partial charge is 0.358 e. The summed E-state index contributed by atoms with van der Waals surface area (Å²) in [5.74, 6) is -1.24. The molecule has 0 unspecified atom stereocenters. The Morgan fingerprint density at radius 2 is 2.05 bits per heavy atom. The van der Waals surface area contributed by atoms with Crippen LogP contribution in [0.4, 0.5) is 5.13 Å². The van der Waals surface area contributed by atoms with Gasteiger partial charge in [-0.15, -0.1) is 0 Å². The number of hydrogen-bond donors (Lipinski definition) is 1. The molecule has 110 valence electrons. The van der Waals surface area contributed by atoms with Gasteiger partial charge in [-0.05, 0) is 6.92 Å². The van der Waals surface area contributed by atoms with Crippen LogP contribution in [0.25, 0.3) is 0 Å². The van der Waals surface area contributed by atoms with E-state index in [1.54, 1.807) is 6.92 Å². The number of Topliss-reactive ketones (excluding diaryl/α,β-unsaturated/α-hetero) is 1. The molecule has 1 aromatic rings. The van der Waals surface area contributed by atoms with Gasteiger partial charge in [0.25, 0.3) is 0 Å². The van der Waals surface area contributed by atoms with Crippen LogP contribution >= 0.6 is 11.3 Å². The van der Waals surface area contributed by atoms with E-state index in [0.717, 1.165) is 11.3 Å². The van der Waals surface area contributed by atoms with Crippen molar-refractivity contribution in [1.82, 2.24) is 4.98 Å². The lowest BCUT2D eigenvalue weighted by molar-refractivity contribution is -0.140. The quantitative estimate of drug-likeness (QED) is 0.602. The summed E-state index contributed by atoms with van der Waals surface area (Å²) in [4.78, 5) is 38.4. The van der Waals surface area contributed by atoms with Crippen LogP contribution in [0.2, 0.25) is 0 Å². The molecule has 0 aliphatic carbocycles. The maximum atomic E-state index is 11.7. The van der Waals surface area contributed by atoms with Crippen molar-refractivity contribution in [3.05, 3.63) is 10.6 Å². The van der Waals surface area contributed by atoms with Crippen molar-refractivity contribution in [3.8, 4) is 0 Å². The predicted molar refractivity (Wildman–Crippen MR) is 73.2 cm³/mol. The molecule has 0 fully saturated rings. The maximum Gasteiger partial charge on any atom is 0.358 e. The number of ketones is 1. The molecule has 0 aliphatic rings. The third kappa shape index (κ3) is 4.30. The highest BCUT2D eigenvalue weighted by atomic mass is 32.1. The number of carbonyl (C=O) groups excluding carboxylic acids is 3. The van der Waals surface area contributed by atoms with Gasteiger partial charge in [-0.1, -0.05) is 11.3 Å². The first kappa shape index (κ1) is 16.1. The van der Waals surface area contributed by atoms with E-state index in [2.05, 4.69) is 15.0 Å². The predicted octanol–water partition coefficient (Wildman–Crippen LogP) is 1.50. The van der Waals surface area contributed by atoms with Crippen LogP contribution in [0, 0.1) is 0 Å². The molecule has 0 saturated carbocycles. The van der Waals surface area contributed by atoms with E-state index < -0.39 is 5.97 Å². The first-order valence-corrected chi connectivity index (χ1v) is 6.80. The number of nitrogens with zero attached hydrogens (tertiary/aromatic N) is 1. The maximum absolute atomic E-state index is 11.7. The largest absolute Gasteiger partial charge is 0.469 e. The summed E-state index contributed by atoms with van der Waals surface area (Å²) < 4.78 is 9.34. The number of aromatic nitrogens is 1. The fraction of sp³-hybridized carbons (Fsp3) is 0.500. The molecule has 8 heteroatoms. The minimum Gasteiger partial charge on any atom is -0.469 e. The van der Waals surface area contributed by atoms with Crippen molar-refractivity contribution in [2.24, 2.45) is 0 Å². The van der Waals surface area contributed by atoms with Gasteiger partial charge in [-0.2, -0.15) is 0 Å². The number of hydrogen-bond acceptors (Lipinski definition) is 8. The average molecular weight is 300 g/mol. The van der Waals surface area contributed by atoms with E-state index in [0.29, 0.717) is 11.7 Å². The van der Waals surface area contributed by atoms with Gasteiger partial charge in [0.2, 0.25) is 0 Å². The zero-order valence-corrected chi connectivity index (χ0v) is 12.3. The van der Waals surface area contributed by atoms with Crippen molar-refractivity contribution in [1.29, 1.82) is 0 Å². The third-order valence-corrected chi connectivity index (χ3v) is 3.36. The highest BCUT2D eigenvalue weighted by molar-refractivity contribution is 7.17. The van der Waals surface area contributed by atoms with Crippen LogP contribution in [0.15, 0.2) is 0 Å². The van der Waals surface area contributed by atoms with E-state index in [-0.39, 0.29) is 35.4 Å². The molecule has 0 amide bonds. The summed E-state index contributed by atoms with van der Waals surface area (Å²) in [6.45, 7) is 3.54. The lowest BCUT2D eigenvalue weighted by Gasteiger charge is -2.00. The molecule has 0 bridgehead atoms. The number of anilines is 1. The molecule has 1 rings (SSSR count). The van der Waals surface area contributed by atoms with Crippen molar-refractivity contribution >= 4 is 34.2 Å². The summed E-state index contributed by atoms with van der Waals surface area (Å²) in [5, 5.41) is 3.26. The average Bonchev–Trinajstić information content (AvgIpc) is 2.83. The standard InChI is InChI=1S/C12H16N2O5S/c1-4-19-11(17)9-10(7(2)15)20-12(14-9)13-6-5-8(16)18-3/h4-6H2,1-3H3,(H,13,14). The Kier molecular flexibility index (Phi) is 6.10. The van der Waals surface area contributed by atoms with E-state index in [1.807, 2.05) is 0 Å². The van der Waals surface area contributed by atoms with Crippen molar-refractivity contribution in [2.45, 2.75) is 20.3 Å². The van der Waals surface area contributed by atoms with Gasteiger partial charge in [0.1, 0.15) is 4.88 Å². The summed E-state index contributed by atoms with van der Waals surface area (Å²) in [6.07, 6.45) is 0.167. The number of ether oxygens (including phenoxy) is 2. The first-order chi connectivity index (χ1) is 9.49. The van der Waals surface area contributed by atoms with Gasteiger partial charge in [0.15, 0.2) is 16.6 Å². The lowest BCUT2D eigenvalue weighted by atomic mass is 10.3. The molecule has 7 nitrogen and oxygen atoms in total. The van der Waals surface area contributed by atoms with Crippen LogP contribution in [0.3, 0.4) is 0 Å². The van der Waals surface area contributed by atoms with Gasteiger partial charge in [0, 0.05) is 13.5 Å². The second-order valence-corrected chi connectivity index (χ2v) is 4.73. The van der Waals surface area contributed by atoms with Crippen molar-refractivity contribution in [3.63, 3.8) is 0 Å². The van der Waals surface area contributed by atoms with Gasteiger partial charge in [-0.3, -0.25) is 9.59 Å². The Bertz CT molecular complexity index is 512. The van der Waals surface area contributed by atoms with Crippen molar-refractivity contribution < 1.29 is 23.9 Å². The topological polar surface area (TPSA) is 94.6 Å². The number of thiazole rings is 1. The summed E-state index contributed by atoms with van der Waals surface area (Å²) >= 11 is 1.06. The molecular weight excluding hydrogens is 284 g/mol. The van der Waals surface area contributed by atoms with E-state index in [1.165, 1.54) is 14.0 Å². The Hall–Kier alpha value is -1.96. The molecule has 1 heterocycles. The molecule has 0 spiro atoms. The Labute approximate surface area is 120 Å². The Morgan fingerprint density at radius 3 is 2.60 bits per heavy atom. The van der Waals surface area contributed by atoms with Gasteiger partial charge in [0.05, 0.1) is 20.1 Å². The van der Waals surface area contributed by atoms with E-state index in [9.17, 15) is 14.4 Å². The molecule has 0 radical (unpaired) electrons. The zero-order chi connectivity index (χ0) is 15.1. The number of methoxy groups -OCH3 is 1. The van der Waals surface area contributed by atoms with Gasteiger partial charge in [-0.25, -0.2) is 9.78 Å². The normalized spacial score (nSPS) is 9.95. The number of nitrogens with one attached hydrogen (secondary N) is 1. The first-order valence-electron chi connectivity index (χ1n) is 5.99. The van der Waals surface area contributed by atoms with E-state index in [4.69, 9.17) is 4.74 Å². The molecular formula is C12H16N2O5S. The fourth-order valence-electron chi connectivity index (χ4n) is 1.35. The molecule has 1 N–H and O–H groups in total. The second-order valence-electron chi connectivity index (χ2n) is 3.73. The molecule has 0 aliphatic heterocycles. The third-order valence-electron chi connectivity index (χ3n) is 2.25. The number of rotatable bonds is 7. The number of esters is 2. The molecule has 0 atom stereocenters. The molecule has 20 heavy (non-hydrogen) atoms. The zero-order valence-electron chi connectivity index (χ0n) is 11.5. The molecule has 0 aromatic carbocycles. The number of carbonyl (C=O) groups is 3. The summed E-state index contributed by atoms with van der Waals surface area (Å²) in [7, 11) is 1.30. The molecule has 0 saturated heterocycles. The Morgan fingerprint density at radius 1 is 1.35 bits per heavy atom. The lowest BCUT2D eigenvalue weighted by Crippen LogP contribution is -2.11. The second kappa shape index (κ2) is 7.59. The van der Waals surface area contributed by atoms with Crippen LogP contribution in [0.5, 0.6) is 0 Å². The summed E-state index contributed by atoms with van der Waals surface area (Å²) in [5.41, 5.74) is 0.00455.